The van der Waals surface area contributed by atoms with Gasteiger partial charge < -0.3 is 18.6 Å². The van der Waals surface area contributed by atoms with Gasteiger partial charge in [0.05, 0.1) is 11.2 Å². The predicted octanol–water partition coefficient (Wildman–Crippen LogP) is 4.83. The van der Waals surface area contributed by atoms with E-state index < -0.39 is 29.2 Å². The minimum absolute atomic E-state index is 0.0295. The number of carbonyl (C=O) groups excluding carboxylic acids is 3. The molecule has 0 aliphatic carbocycles. The van der Waals surface area contributed by atoms with Crippen LogP contribution in [-0.2, 0) is 36.8 Å². The highest BCUT2D eigenvalue weighted by Gasteiger charge is 2.24. The average molecular weight is 508 g/mol. The number of pyridine rings is 1. The highest BCUT2D eigenvalue weighted by Crippen LogP contribution is 2.19. The number of carbonyl (C=O) groups is 3. The lowest BCUT2D eigenvalue weighted by molar-refractivity contribution is -0.154. The number of rotatable bonds is 7. The van der Waals surface area contributed by atoms with Crippen molar-refractivity contribution < 1.29 is 28.6 Å². The van der Waals surface area contributed by atoms with Crippen molar-refractivity contribution in [3.8, 4) is 0 Å². The van der Waals surface area contributed by atoms with Crippen LogP contribution in [0.25, 0.3) is 11.6 Å². The minimum Gasteiger partial charge on any atom is -0.460 e. The third kappa shape index (κ3) is 8.49. The molecule has 9 nitrogen and oxygen atoms in total. The number of fused-ring (bicyclic) bond motifs is 1. The van der Waals surface area contributed by atoms with Gasteiger partial charge in [0, 0.05) is 6.20 Å². The largest absolute Gasteiger partial charge is 0.460 e. The first-order valence-electron chi connectivity index (χ1n) is 11.9. The fraction of sp³-hybridized carbons (Fsp3) is 0.357. The third-order valence-electron chi connectivity index (χ3n) is 4.72. The molecule has 0 radical (unpaired) electrons. The molecule has 0 fully saturated rings. The Morgan fingerprint density at radius 2 is 1.57 bits per heavy atom. The zero-order valence-electron chi connectivity index (χ0n) is 22.0. The quantitative estimate of drug-likeness (QED) is 0.277. The molecule has 3 rings (SSSR count). The van der Waals surface area contributed by atoms with Crippen LogP contribution < -0.4 is 5.32 Å². The SMILES string of the molecule is CC(C)(C)OC(=O)Cc1nc(/C=C(\NC(=O)OCc2ccccc2)C(=O)OC(C)(C)C)c2ccccn12. The fourth-order valence-corrected chi connectivity index (χ4v) is 3.35. The van der Waals surface area contributed by atoms with Crippen molar-refractivity contribution in [1.82, 2.24) is 14.7 Å². The number of benzene rings is 1. The number of nitrogens with one attached hydrogen (secondary N) is 1. The second-order valence-electron chi connectivity index (χ2n) is 10.4. The van der Waals surface area contributed by atoms with Crippen LogP contribution in [-0.4, -0.2) is 38.6 Å². The van der Waals surface area contributed by atoms with Gasteiger partial charge in [0.15, 0.2) is 0 Å². The number of esters is 2. The van der Waals surface area contributed by atoms with Gasteiger partial charge in [-0.1, -0.05) is 36.4 Å². The van der Waals surface area contributed by atoms with E-state index in [4.69, 9.17) is 14.2 Å². The molecule has 2 aromatic heterocycles. The Morgan fingerprint density at radius 1 is 0.919 bits per heavy atom. The number of hydrogen-bond donors (Lipinski definition) is 1. The number of imidazole rings is 1. The number of ether oxygens (including phenoxy) is 3. The molecule has 2 heterocycles. The van der Waals surface area contributed by atoms with Gasteiger partial charge in [-0.15, -0.1) is 0 Å². The van der Waals surface area contributed by atoms with Crippen LogP contribution in [0.3, 0.4) is 0 Å². The monoisotopic (exact) mass is 507 g/mol. The summed E-state index contributed by atoms with van der Waals surface area (Å²) >= 11 is 0. The van der Waals surface area contributed by atoms with Crippen LogP contribution in [0.2, 0.25) is 0 Å². The summed E-state index contributed by atoms with van der Waals surface area (Å²) < 4.78 is 17.9. The van der Waals surface area contributed by atoms with Crippen molar-refractivity contribution in [2.24, 2.45) is 0 Å². The molecule has 0 aliphatic rings. The van der Waals surface area contributed by atoms with E-state index in [-0.39, 0.29) is 18.7 Å². The van der Waals surface area contributed by atoms with Gasteiger partial charge in [0.2, 0.25) is 0 Å². The van der Waals surface area contributed by atoms with Gasteiger partial charge in [-0.05, 0) is 65.3 Å². The summed E-state index contributed by atoms with van der Waals surface area (Å²) in [7, 11) is 0. The van der Waals surface area contributed by atoms with Crippen LogP contribution in [0.1, 0.15) is 58.6 Å². The Labute approximate surface area is 216 Å². The molecule has 0 saturated heterocycles. The number of nitrogens with zero attached hydrogens (tertiary/aromatic N) is 2. The maximum Gasteiger partial charge on any atom is 0.412 e. The zero-order valence-corrected chi connectivity index (χ0v) is 22.0. The van der Waals surface area contributed by atoms with Crippen LogP contribution in [0.4, 0.5) is 4.79 Å². The maximum absolute atomic E-state index is 13.0. The van der Waals surface area contributed by atoms with Crippen molar-refractivity contribution in [2.75, 3.05) is 0 Å². The summed E-state index contributed by atoms with van der Waals surface area (Å²) in [6, 6.07) is 14.6. The molecule has 0 unspecified atom stereocenters. The van der Waals surface area contributed by atoms with Crippen LogP contribution in [0.15, 0.2) is 60.4 Å². The molecule has 1 amide bonds. The Morgan fingerprint density at radius 3 is 2.22 bits per heavy atom. The molecule has 0 atom stereocenters. The molecule has 0 bridgehead atoms. The predicted molar refractivity (Wildman–Crippen MR) is 138 cm³/mol. The van der Waals surface area contributed by atoms with Crippen molar-refractivity contribution in [2.45, 2.75) is 65.8 Å². The molecular formula is C28H33N3O6. The minimum atomic E-state index is -0.821. The highest BCUT2D eigenvalue weighted by atomic mass is 16.6. The third-order valence-corrected chi connectivity index (χ3v) is 4.72. The molecule has 0 spiro atoms. The van der Waals surface area contributed by atoms with Crippen molar-refractivity contribution in [3.63, 3.8) is 0 Å². The van der Waals surface area contributed by atoms with Gasteiger partial charge in [0.25, 0.3) is 0 Å². The summed E-state index contributed by atoms with van der Waals surface area (Å²) in [5.74, 6) is -0.769. The lowest BCUT2D eigenvalue weighted by atomic mass is 10.2. The van der Waals surface area contributed by atoms with E-state index in [1.54, 1.807) is 70.3 Å². The Balaban J connectivity index is 1.91. The second kappa shape index (κ2) is 11.3. The molecule has 3 aromatic rings. The molecular weight excluding hydrogens is 474 g/mol. The van der Waals surface area contributed by atoms with Crippen LogP contribution in [0, 0.1) is 0 Å². The Kier molecular flexibility index (Phi) is 8.37. The molecule has 9 heteroatoms. The van der Waals surface area contributed by atoms with Crippen LogP contribution in [0.5, 0.6) is 0 Å². The summed E-state index contributed by atoms with van der Waals surface area (Å²) in [5.41, 5.74) is 0.197. The number of alkyl carbamates (subject to hydrolysis) is 1. The summed E-state index contributed by atoms with van der Waals surface area (Å²) in [4.78, 5) is 42.6. The van der Waals surface area contributed by atoms with E-state index in [1.165, 1.54) is 6.08 Å². The maximum atomic E-state index is 13.0. The van der Waals surface area contributed by atoms with Crippen molar-refractivity contribution >= 4 is 29.6 Å². The number of amides is 1. The first-order valence-corrected chi connectivity index (χ1v) is 11.9. The van der Waals surface area contributed by atoms with Crippen molar-refractivity contribution in [1.29, 1.82) is 0 Å². The highest BCUT2D eigenvalue weighted by molar-refractivity contribution is 5.97. The van der Waals surface area contributed by atoms with Gasteiger partial charge in [-0.3, -0.25) is 10.1 Å². The van der Waals surface area contributed by atoms with Gasteiger partial charge in [-0.25, -0.2) is 14.6 Å². The Bertz CT molecular complexity index is 1300. The number of aromatic nitrogens is 2. The lowest BCUT2D eigenvalue weighted by Crippen LogP contribution is -2.33. The lowest BCUT2D eigenvalue weighted by Gasteiger charge is -2.20. The summed E-state index contributed by atoms with van der Waals surface area (Å²) in [5, 5.41) is 2.49. The fourth-order valence-electron chi connectivity index (χ4n) is 3.35. The molecule has 196 valence electrons. The van der Waals surface area contributed by atoms with E-state index in [0.29, 0.717) is 17.0 Å². The van der Waals surface area contributed by atoms with Crippen LogP contribution >= 0.6 is 0 Å². The smallest absolute Gasteiger partial charge is 0.412 e. The molecule has 0 saturated carbocycles. The van der Waals surface area contributed by atoms with Gasteiger partial charge in [0.1, 0.15) is 35.8 Å². The summed E-state index contributed by atoms with van der Waals surface area (Å²) in [6.45, 7) is 10.6. The van der Waals surface area contributed by atoms with E-state index in [9.17, 15) is 14.4 Å². The standard InChI is InChI=1S/C28H33N3O6/c1-27(2,3)36-24(32)17-23-29-20(22-14-10-11-15-31(22)23)16-21(25(33)37-28(4,5)6)30-26(34)35-18-19-12-8-7-9-13-19/h7-16H,17-18H2,1-6H3,(H,30,34)/b21-16-. The van der Waals surface area contributed by atoms with Gasteiger partial charge in [-0.2, -0.15) is 0 Å². The van der Waals surface area contributed by atoms with E-state index >= 15 is 0 Å². The number of hydrogen-bond acceptors (Lipinski definition) is 7. The average Bonchev–Trinajstić information content (AvgIpc) is 3.12. The van der Waals surface area contributed by atoms with Gasteiger partial charge >= 0.3 is 18.0 Å². The second-order valence-corrected chi connectivity index (χ2v) is 10.4. The first kappa shape index (κ1) is 27.4. The molecule has 1 aromatic carbocycles. The van der Waals surface area contributed by atoms with E-state index in [0.717, 1.165) is 5.56 Å². The van der Waals surface area contributed by atoms with E-state index in [1.807, 2.05) is 30.3 Å². The Hall–Kier alpha value is -4.14. The normalized spacial score (nSPS) is 12.2. The molecule has 37 heavy (non-hydrogen) atoms. The zero-order chi connectivity index (χ0) is 27.2. The van der Waals surface area contributed by atoms with E-state index in [2.05, 4.69) is 10.3 Å². The molecule has 0 aliphatic heterocycles. The first-order chi connectivity index (χ1) is 17.3. The summed E-state index contributed by atoms with van der Waals surface area (Å²) in [6.07, 6.45) is 2.27. The topological polar surface area (TPSA) is 108 Å². The van der Waals surface area contributed by atoms with Crippen molar-refractivity contribution in [3.05, 3.63) is 77.5 Å². The molecule has 1 N–H and O–H groups in total.